The van der Waals surface area contributed by atoms with Gasteiger partial charge in [0.25, 0.3) is 0 Å². The number of carbonyl (C=O) groups is 2. The molecular formula is C6H16N2Na2O7S2. The number of hydrogen-bond donors (Lipinski definition) is 0. The van der Waals surface area contributed by atoms with Gasteiger partial charge >= 0.3 is 59.1 Å². The number of hydrogen-bond acceptors (Lipinski definition) is 6. The zero-order valence-corrected chi connectivity index (χ0v) is 16.9. The Morgan fingerprint density at radius 2 is 1.05 bits per heavy atom. The molecule has 13 heteroatoms. The maximum absolute atomic E-state index is 10.4. The van der Waals surface area contributed by atoms with Crippen LogP contribution in [0.1, 0.15) is 13.8 Å². The third kappa shape index (κ3) is 17.1. The van der Waals surface area contributed by atoms with E-state index in [1.54, 1.807) is 13.8 Å². The van der Waals surface area contributed by atoms with Crippen molar-refractivity contribution in [3.63, 3.8) is 0 Å². The Morgan fingerprint density at radius 1 is 0.842 bits per heavy atom. The van der Waals surface area contributed by atoms with Crippen LogP contribution in [-0.4, -0.2) is 50.3 Å². The molecule has 0 aromatic rings. The summed E-state index contributed by atoms with van der Waals surface area (Å²) >= 11 is 0. The molecule has 0 radical (unpaired) electrons. The first-order valence-electron chi connectivity index (χ1n) is 3.84. The maximum Gasteiger partial charge on any atom is 1.00 e. The molecule has 9 nitrogen and oxygen atoms in total. The minimum atomic E-state index is -1.35. The summed E-state index contributed by atoms with van der Waals surface area (Å²) in [5.41, 5.74) is 0. The van der Waals surface area contributed by atoms with E-state index < -0.39 is 12.2 Å². The standard InChI is InChI=1S/C6H12N2O4S2.2Na.3H2O/c1-3-7(5(9)10)13-14-8(4-2)6(11)12;;;;;/h3-4H2,1-2H3,(H,9,10)(H,11,12);;;3*1H2/q;2*+1;;;/p-2. The van der Waals surface area contributed by atoms with Gasteiger partial charge < -0.3 is 36.2 Å². The van der Waals surface area contributed by atoms with Crippen molar-refractivity contribution in [2.24, 2.45) is 0 Å². The number of carboxylic acid groups (broad SMARTS) is 2. The van der Waals surface area contributed by atoms with E-state index in [-0.39, 0.29) is 88.6 Å². The predicted octanol–water partition coefficient (Wildman–Crippen LogP) is -8.94. The normalized spacial score (nSPS) is 7.05. The average Bonchev–Trinajstić information content (AvgIpc) is 2.11. The molecule has 0 saturated carbocycles. The molecule has 0 aromatic heterocycles. The molecule has 0 saturated heterocycles. The van der Waals surface area contributed by atoms with Gasteiger partial charge in [-0.2, -0.15) is 0 Å². The zero-order valence-electron chi connectivity index (χ0n) is 11.3. The Kier molecular flexibility index (Phi) is 41.6. The summed E-state index contributed by atoms with van der Waals surface area (Å²) in [6.45, 7) is 3.70. The Balaban J connectivity index is -0.0000000845. The van der Waals surface area contributed by atoms with Crippen molar-refractivity contribution in [1.82, 2.24) is 8.61 Å². The van der Waals surface area contributed by atoms with Crippen molar-refractivity contribution in [3.8, 4) is 0 Å². The zero-order chi connectivity index (χ0) is 11.1. The fourth-order valence-electron chi connectivity index (χ4n) is 0.505. The van der Waals surface area contributed by atoms with Crippen LogP contribution in [0.3, 0.4) is 0 Å². The van der Waals surface area contributed by atoms with Crippen LogP contribution in [0.4, 0.5) is 9.59 Å². The molecule has 0 unspecified atom stereocenters. The van der Waals surface area contributed by atoms with Crippen molar-refractivity contribution >= 4 is 34.1 Å². The van der Waals surface area contributed by atoms with Crippen LogP contribution in [0.5, 0.6) is 0 Å². The summed E-state index contributed by atoms with van der Waals surface area (Å²) in [6.07, 6.45) is -2.70. The van der Waals surface area contributed by atoms with E-state index in [1.165, 1.54) is 0 Å². The van der Waals surface area contributed by atoms with Gasteiger partial charge in [-0.3, -0.25) is 8.61 Å². The summed E-state index contributed by atoms with van der Waals surface area (Å²) in [7, 11) is 1.57. The van der Waals surface area contributed by atoms with Gasteiger partial charge in [0.15, 0.2) is 0 Å². The molecule has 0 fully saturated rings. The molecule has 0 aliphatic carbocycles. The Morgan fingerprint density at radius 3 is 1.16 bits per heavy atom. The summed E-state index contributed by atoms with van der Waals surface area (Å²) in [4.78, 5) is 20.8. The molecule has 0 heterocycles. The van der Waals surface area contributed by atoms with Crippen LogP contribution in [0.2, 0.25) is 0 Å². The van der Waals surface area contributed by atoms with Crippen LogP contribution in [0, 0.1) is 0 Å². The minimum Gasteiger partial charge on any atom is -0.529 e. The van der Waals surface area contributed by atoms with Crippen molar-refractivity contribution in [2.75, 3.05) is 13.1 Å². The van der Waals surface area contributed by atoms with Gasteiger partial charge in [-0.15, -0.1) is 0 Å². The van der Waals surface area contributed by atoms with Gasteiger partial charge in [-0.05, 0) is 13.8 Å². The Bertz CT molecular complexity index is 206. The molecule has 0 aliphatic rings. The van der Waals surface area contributed by atoms with Crippen molar-refractivity contribution < 1.29 is 95.3 Å². The van der Waals surface area contributed by atoms with Gasteiger partial charge in [-0.1, -0.05) is 0 Å². The minimum absolute atomic E-state index is 0. The third-order valence-corrected chi connectivity index (χ3v) is 3.72. The third-order valence-electron chi connectivity index (χ3n) is 1.19. The fourth-order valence-corrected chi connectivity index (χ4v) is 2.48. The summed E-state index contributed by atoms with van der Waals surface area (Å²) in [5, 5.41) is 20.8. The Labute approximate surface area is 163 Å². The number of rotatable bonds is 5. The van der Waals surface area contributed by atoms with Crippen LogP contribution in [0.25, 0.3) is 0 Å². The Hall–Kier alpha value is 1.12. The second-order valence-electron chi connectivity index (χ2n) is 2.07. The topological polar surface area (TPSA) is 181 Å². The van der Waals surface area contributed by atoms with E-state index >= 15 is 0 Å². The van der Waals surface area contributed by atoms with Gasteiger partial charge in [0.2, 0.25) is 0 Å². The van der Waals surface area contributed by atoms with Crippen molar-refractivity contribution in [2.45, 2.75) is 13.8 Å². The van der Waals surface area contributed by atoms with Gasteiger partial charge in [-0.25, -0.2) is 0 Å². The smallest absolute Gasteiger partial charge is 0.529 e. The van der Waals surface area contributed by atoms with Gasteiger partial charge in [0.05, 0.1) is 0 Å². The quantitative estimate of drug-likeness (QED) is 0.272. The van der Waals surface area contributed by atoms with Crippen molar-refractivity contribution in [1.29, 1.82) is 0 Å². The molecule has 0 atom stereocenters. The van der Waals surface area contributed by atoms with E-state index in [4.69, 9.17) is 0 Å². The number of nitrogens with zero attached hydrogens (tertiary/aromatic N) is 2. The molecule has 0 aliphatic heterocycles. The van der Waals surface area contributed by atoms with Crippen LogP contribution < -0.4 is 69.3 Å². The molecule has 0 spiro atoms. The molecule has 0 aromatic carbocycles. The maximum atomic E-state index is 10.4. The molecule has 106 valence electrons. The first-order valence-corrected chi connectivity index (χ1v) is 5.91. The monoisotopic (exact) mass is 338 g/mol. The molecule has 2 amide bonds. The molecular weight excluding hydrogens is 322 g/mol. The second kappa shape index (κ2) is 21.4. The first-order chi connectivity index (χ1) is 6.52. The average molecular weight is 338 g/mol. The largest absolute Gasteiger partial charge is 1.00 e. The second-order valence-corrected chi connectivity index (χ2v) is 4.14. The first kappa shape index (κ1) is 36.9. The molecule has 6 N–H and O–H groups in total. The van der Waals surface area contributed by atoms with E-state index in [9.17, 15) is 19.8 Å². The van der Waals surface area contributed by atoms with Crippen LogP contribution >= 0.6 is 22.0 Å². The molecule has 0 rings (SSSR count). The van der Waals surface area contributed by atoms with E-state index in [2.05, 4.69) is 0 Å². The molecule has 0 bridgehead atoms. The SMILES string of the molecule is CCN(SSN(CC)C(=O)[O-])C(=O)[O-].O.O.O.[Na+].[Na+]. The summed E-state index contributed by atoms with van der Waals surface area (Å²) in [5.74, 6) is 0. The predicted molar refractivity (Wildman–Crippen MR) is 61.6 cm³/mol. The van der Waals surface area contributed by atoms with E-state index in [0.717, 1.165) is 30.6 Å². The van der Waals surface area contributed by atoms with E-state index in [0.29, 0.717) is 0 Å². The number of amides is 2. The van der Waals surface area contributed by atoms with Crippen LogP contribution in [-0.2, 0) is 0 Å². The summed E-state index contributed by atoms with van der Waals surface area (Å²) < 4.78 is 1.83. The van der Waals surface area contributed by atoms with Gasteiger partial charge in [0.1, 0.15) is 12.2 Å². The van der Waals surface area contributed by atoms with Gasteiger partial charge in [0, 0.05) is 35.0 Å². The fraction of sp³-hybridized carbons (Fsp3) is 0.667. The molecule has 19 heavy (non-hydrogen) atoms. The number of carbonyl (C=O) groups excluding carboxylic acids is 2. The summed E-state index contributed by atoms with van der Waals surface area (Å²) in [6, 6.07) is 0. The van der Waals surface area contributed by atoms with Crippen molar-refractivity contribution in [3.05, 3.63) is 0 Å². The van der Waals surface area contributed by atoms with Crippen LogP contribution in [0.15, 0.2) is 0 Å². The van der Waals surface area contributed by atoms with E-state index in [1.807, 2.05) is 0 Å².